The second kappa shape index (κ2) is 9.12. The van der Waals surface area contributed by atoms with Crippen molar-refractivity contribution in [2.45, 2.75) is 13.0 Å². The monoisotopic (exact) mass is 373 g/mol. The fourth-order valence-corrected chi connectivity index (χ4v) is 2.67. The molecule has 6 heteroatoms. The molecule has 0 unspecified atom stereocenters. The smallest absolute Gasteiger partial charge is 0.137 e. The Bertz CT molecular complexity index is 857. The molecule has 0 amide bonds. The van der Waals surface area contributed by atoms with E-state index in [0.717, 1.165) is 16.1 Å². The molecule has 25 heavy (non-hydrogen) atoms. The third kappa shape index (κ3) is 4.99. The van der Waals surface area contributed by atoms with Crippen molar-refractivity contribution in [2.24, 2.45) is 0 Å². The standard InChI is InChI=1S/C19H16ClN3O.ClH/c20-18-4-2-1-3-16(18)7-10-24-19-11-15(5-6-17(19)12-21)13-23-9-8-22-14-23;/h1-6,8-9,11,14H,7,10,13H2;1H. The molecule has 0 saturated heterocycles. The number of halogens is 2. The topological polar surface area (TPSA) is 50.8 Å². The molecule has 0 radical (unpaired) electrons. The van der Waals surface area contributed by atoms with Gasteiger partial charge in [0.05, 0.1) is 18.5 Å². The zero-order valence-electron chi connectivity index (χ0n) is 13.4. The first kappa shape index (κ1) is 18.9. The highest BCUT2D eigenvalue weighted by Gasteiger charge is 2.07. The number of ether oxygens (including phenoxy) is 1. The number of imidazole rings is 1. The molecule has 0 spiro atoms. The lowest BCUT2D eigenvalue weighted by atomic mass is 10.1. The van der Waals surface area contributed by atoms with Crippen LogP contribution in [0, 0.1) is 11.3 Å². The fourth-order valence-electron chi connectivity index (χ4n) is 2.44. The van der Waals surface area contributed by atoms with Crippen molar-refractivity contribution >= 4 is 24.0 Å². The van der Waals surface area contributed by atoms with Crippen molar-refractivity contribution in [3.63, 3.8) is 0 Å². The zero-order chi connectivity index (χ0) is 16.8. The van der Waals surface area contributed by atoms with Gasteiger partial charge in [-0.05, 0) is 29.3 Å². The molecule has 0 atom stereocenters. The Balaban J connectivity index is 0.00000225. The van der Waals surface area contributed by atoms with Crippen molar-refractivity contribution in [3.8, 4) is 11.8 Å². The molecule has 2 aromatic carbocycles. The molecule has 0 bridgehead atoms. The molecule has 0 aliphatic rings. The lowest BCUT2D eigenvalue weighted by Gasteiger charge is -2.11. The summed E-state index contributed by atoms with van der Waals surface area (Å²) in [4.78, 5) is 4.03. The van der Waals surface area contributed by atoms with Crippen LogP contribution in [0.5, 0.6) is 5.75 Å². The van der Waals surface area contributed by atoms with Crippen molar-refractivity contribution in [1.29, 1.82) is 5.26 Å². The summed E-state index contributed by atoms with van der Waals surface area (Å²) in [6.07, 6.45) is 6.09. The van der Waals surface area contributed by atoms with Crippen LogP contribution in [0.15, 0.2) is 61.2 Å². The summed E-state index contributed by atoms with van der Waals surface area (Å²) in [6, 6.07) is 15.5. The lowest BCUT2D eigenvalue weighted by molar-refractivity contribution is 0.320. The molecule has 1 aromatic heterocycles. The number of aromatic nitrogens is 2. The van der Waals surface area contributed by atoms with E-state index in [1.54, 1.807) is 18.6 Å². The van der Waals surface area contributed by atoms with Crippen LogP contribution >= 0.6 is 24.0 Å². The maximum atomic E-state index is 9.26. The summed E-state index contributed by atoms with van der Waals surface area (Å²) in [5.41, 5.74) is 2.62. The van der Waals surface area contributed by atoms with Gasteiger partial charge in [0.25, 0.3) is 0 Å². The highest BCUT2D eigenvalue weighted by atomic mass is 35.5. The van der Waals surface area contributed by atoms with Crippen LogP contribution in [0.1, 0.15) is 16.7 Å². The molecule has 3 aromatic rings. The van der Waals surface area contributed by atoms with Crippen LogP contribution in [0.4, 0.5) is 0 Å². The van der Waals surface area contributed by atoms with Gasteiger partial charge in [-0.25, -0.2) is 4.98 Å². The van der Waals surface area contributed by atoms with E-state index in [0.29, 0.717) is 30.9 Å². The predicted molar refractivity (Wildman–Crippen MR) is 100 cm³/mol. The van der Waals surface area contributed by atoms with Gasteiger partial charge in [-0.2, -0.15) is 5.26 Å². The minimum absolute atomic E-state index is 0. The molecule has 1 heterocycles. The molecule has 0 N–H and O–H groups in total. The van der Waals surface area contributed by atoms with Gasteiger partial charge >= 0.3 is 0 Å². The van der Waals surface area contributed by atoms with Crippen LogP contribution in [0.2, 0.25) is 5.02 Å². The van der Waals surface area contributed by atoms with E-state index >= 15 is 0 Å². The lowest BCUT2D eigenvalue weighted by Crippen LogP contribution is -2.04. The van der Waals surface area contributed by atoms with E-state index in [4.69, 9.17) is 16.3 Å². The van der Waals surface area contributed by atoms with Gasteiger partial charge < -0.3 is 9.30 Å². The molecular weight excluding hydrogens is 357 g/mol. The largest absolute Gasteiger partial charge is 0.492 e. The SMILES string of the molecule is Cl.N#Cc1ccc(Cn2ccnc2)cc1OCCc1ccccc1Cl. The summed E-state index contributed by atoms with van der Waals surface area (Å²) in [5.74, 6) is 0.599. The van der Waals surface area contributed by atoms with Gasteiger partial charge in [0.1, 0.15) is 11.8 Å². The molecule has 128 valence electrons. The van der Waals surface area contributed by atoms with Crippen LogP contribution in [0.3, 0.4) is 0 Å². The van der Waals surface area contributed by atoms with E-state index in [9.17, 15) is 5.26 Å². The number of hydrogen-bond acceptors (Lipinski definition) is 3. The minimum Gasteiger partial charge on any atom is -0.492 e. The van der Waals surface area contributed by atoms with Gasteiger partial charge in [-0.3, -0.25) is 0 Å². The molecule has 3 rings (SSSR count). The first-order valence-electron chi connectivity index (χ1n) is 7.61. The predicted octanol–water partition coefficient (Wildman–Crippen LogP) is 4.50. The Hall–Kier alpha value is -2.48. The van der Waals surface area contributed by atoms with Gasteiger partial charge in [0, 0.05) is 30.4 Å². The maximum absolute atomic E-state index is 9.26. The zero-order valence-corrected chi connectivity index (χ0v) is 15.0. The third-order valence-electron chi connectivity index (χ3n) is 3.68. The van der Waals surface area contributed by atoms with Crippen molar-refractivity contribution in [3.05, 3.63) is 82.9 Å². The van der Waals surface area contributed by atoms with Crippen LogP contribution < -0.4 is 4.74 Å². The Labute approximate surface area is 158 Å². The number of hydrogen-bond donors (Lipinski definition) is 0. The average Bonchev–Trinajstić information content (AvgIpc) is 3.10. The summed E-state index contributed by atoms with van der Waals surface area (Å²) in [5, 5.41) is 9.99. The van der Waals surface area contributed by atoms with E-state index in [1.807, 2.05) is 47.2 Å². The van der Waals surface area contributed by atoms with Crippen molar-refractivity contribution in [1.82, 2.24) is 9.55 Å². The van der Waals surface area contributed by atoms with Gasteiger partial charge in [-0.15, -0.1) is 12.4 Å². The molecule has 0 fully saturated rings. The van der Waals surface area contributed by atoms with E-state index in [2.05, 4.69) is 11.1 Å². The normalized spacial score (nSPS) is 9.92. The molecular formula is C19H17Cl2N3O. The van der Waals surface area contributed by atoms with Gasteiger partial charge in [-0.1, -0.05) is 35.9 Å². The summed E-state index contributed by atoms with van der Waals surface area (Å²) in [7, 11) is 0. The second-order valence-corrected chi connectivity index (χ2v) is 5.77. The minimum atomic E-state index is 0. The van der Waals surface area contributed by atoms with Crippen molar-refractivity contribution < 1.29 is 4.74 Å². The van der Waals surface area contributed by atoms with Crippen LogP contribution in [0.25, 0.3) is 0 Å². The summed E-state index contributed by atoms with van der Waals surface area (Å²) < 4.78 is 7.81. The van der Waals surface area contributed by atoms with Crippen LogP contribution in [-0.4, -0.2) is 16.2 Å². The molecule has 4 nitrogen and oxygen atoms in total. The Morgan fingerprint density at radius 2 is 2.04 bits per heavy atom. The average molecular weight is 374 g/mol. The third-order valence-corrected chi connectivity index (χ3v) is 4.05. The fraction of sp³-hybridized carbons (Fsp3) is 0.158. The number of nitrogens with zero attached hydrogens (tertiary/aromatic N) is 3. The molecule has 0 aliphatic carbocycles. The van der Waals surface area contributed by atoms with Gasteiger partial charge in [0.2, 0.25) is 0 Å². The molecule has 0 aliphatic heterocycles. The second-order valence-electron chi connectivity index (χ2n) is 5.37. The Morgan fingerprint density at radius 3 is 2.76 bits per heavy atom. The van der Waals surface area contributed by atoms with Gasteiger partial charge in [0.15, 0.2) is 0 Å². The number of benzene rings is 2. The first-order chi connectivity index (χ1) is 11.8. The van der Waals surface area contributed by atoms with Crippen molar-refractivity contribution in [2.75, 3.05) is 6.61 Å². The van der Waals surface area contributed by atoms with E-state index in [1.165, 1.54) is 0 Å². The summed E-state index contributed by atoms with van der Waals surface area (Å²) in [6.45, 7) is 1.15. The van der Waals surface area contributed by atoms with E-state index < -0.39 is 0 Å². The highest BCUT2D eigenvalue weighted by Crippen LogP contribution is 2.22. The highest BCUT2D eigenvalue weighted by molar-refractivity contribution is 6.31. The Kier molecular flexibility index (Phi) is 6.88. The quantitative estimate of drug-likeness (QED) is 0.638. The molecule has 0 saturated carbocycles. The van der Waals surface area contributed by atoms with Crippen LogP contribution in [-0.2, 0) is 13.0 Å². The number of rotatable bonds is 6. The number of nitriles is 1. The van der Waals surface area contributed by atoms with E-state index in [-0.39, 0.29) is 12.4 Å². The summed E-state index contributed by atoms with van der Waals surface area (Å²) >= 11 is 6.15. The maximum Gasteiger partial charge on any atom is 0.137 e. The first-order valence-corrected chi connectivity index (χ1v) is 7.99. The Morgan fingerprint density at radius 1 is 1.20 bits per heavy atom.